The van der Waals surface area contributed by atoms with Crippen LogP contribution in [0.2, 0.25) is 0 Å². The van der Waals surface area contributed by atoms with E-state index in [4.69, 9.17) is 5.11 Å². The lowest BCUT2D eigenvalue weighted by Gasteiger charge is -2.29. The standard InChI is InChI=1S/C10H5BrF6O3/c11-5-2-1-3-6(4-5)20-7(18)8(19,9(12,13)14)10(15,16)17/h1-4,19H. The predicted octanol–water partition coefficient (Wildman–Crippen LogP) is 3.21. The Morgan fingerprint density at radius 2 is 1.60 bits per heavy atom. The second-order valence-corrected chi connectivity index (χ2v) is 4.47. The fraction of sp³-hybridized carbons (Fsp3) is 0.300. The molecule has 0 aliphatic carbocycles. The molecule has 0 aliphatic rings. The van der Waals surface area contributed by atoms with Gasteiger partial charge in [0.25, 0.3) is 0 Å². The van der Waals surface area contributed by atoms with E-state index >= 15 is 0 Å². The van der Waals surface area contributed by atoms with Gasteiger partial charge in [-0.1, -0.05) is 22.0 Å². The minimum Gasteiger partial charge on any atom is -0.424 e. The maximum absolute atomic E-state index is 12.4. The summed E-state index contributed by atoms with van der Waals surface area (Å²) in [7, 11) is 0. The molecule has 10 heteroatoms. The zero-order valence-corrected chi connectivity index (χ0v) is 10.8. The van der Waals surface area contributed by atoms with Gasteiger partial charge < -0.3 is 9.84 Å². The number of aliphatic hydroxyl groups is 1. The van der Waals surface area contributed by atoms with Crippen molar-refractivity contribution in [2.75, 3.05) is 0 Å². The summed E-state index contributed by atoms with van der Waals surface area (Å²) in [5, 5.41) is 8.75. The lowest BCUT2D eigenvalue weighted by atomic mass is 10.0. The molecule has 0 amide bonds. The van der Waals surface area contributed by atoms with E-state index in [0.717, 1.165) is 12.1 Å². The Hall–Kier alpha value is -1.29. The maximum atomic E-state index is 12.4. The second kappa shape index (κ2) is 5.24. The van der Waals surface area contributed by atoms with Crippen molar-refractivity contribution in [3.8, 4) is 5.75 Å². The van der Waals surface area contributed by atoms with Gasteiger partial charge in [0.2, 0.25) is 0 Å². The number of ether oxygens (including phenoxy) is 1. The SMILES string of the molecule is O=C(Oc1cccc(Br)c1)C(O)(C(F)(F)F)C(F)(F)F. The molecule has 0 fully saturated rings. The molecule has 0 radical (unpaired) electrons. The Morgan fingerprint density at radius 1 is 1.10 bits per heavy atom. The van der Waals surface area contributed by atoms with Crippen LogP contribution in [0.3, 0.4) is 0 Å². The van der Waals surface area contributed by atoms with Crippen molar-refractivity contribution in [2.24, 2.45) is 0 Å². The van der Waals surface area contributed by atoms with Gasteiger partial charge in [0.05, 0.1) is 0 Å². The summed E-state index contributed by atoms with van der Waals surface area (Å²) in [5.41, 5.74) is -5.59. The Morgan fingerprint density at radius 3 is 2.00 bits per heavy atom. The molecular formula is C10H5BrF6O3. The number of carbonyl (C=O) groups is 1. The van der Waals surface area contributed by atoms with Gasteiger partial charge in [0.1, 0.15) is 5.75 Å². The van der Waals surface area contributed by atoms with Crippen molar-refractivity contribution in [3.05, 3.63) is 28.7 Å². The van der Waals surface area contributed by atoms with Crippen LogP contribution in [0.25, 0.3) is 0 Å². The first-order valence-corrected chi connectivity index (χ1v) is 5.52. The van der Waals surface area contributed by atoms with Gasteiger partial charge >= 0.3 is 23.9 Å². The van der Waals surface area contributed by atoms with Crippen molar-refractivity contribution in [1.82, 2.24) is 0 Å². The highest BCUT2D eigenvalue weighted by Crippen LogP contribution is 2.44. The van der Waals surface area contributed by atoms with Gasteiger partial charge in [-0.25, -0.2) is 4.79 Å². The van der Waals surface area contributed by atoms with E-state index in [0.29, 0.717) is 0 Å². The summed E-state index contributed by atoms with van der Waals surface area (Å²) < 4.78 is 78.3. The lowest BCUT2D eigenvalue weighted by Crippen LogP contribution is -2.63. The summed E-state index contributed by atoms with van der Waals surface area (Å²) >= 11 is 2.88. The smallest absolute Gasteiger partial charge is 0.424 e. The Kier molecular flexibility index (Phi) is 4.39. The van der Waals surface area contributed by atoms with Gasteiger partial charge in [-0.05, 0) is 18.2 Å². The van der Waals surface area contributed by atoms with Crippen LogP contribution in [0.1, 0.15) is 0 Å². The monoisotopic (exact) mass is 366 g/mol. The number of rotatable bonds is 2. The molecule has 1 N–H and O–H groups in total. The number of alkyl halides is 6. The number of benzene rings is 1. The number of halogens is 7. The molecule has 0 unspecified atom stereocenters. The third-order valence-electron chi connectivity index (χ3n) is 2.12. The Labute approximate surface area is 116 Å². The normalized spacial score (nSPS) is 13.2. The summed E-state index contributed by atoms with van der Waals surface area (Å²) in [6, 6.07) is 4.53. The summed E-state index contributed by atoms with van der Waals surface area (Å²) in [6.07, 6.45) is -12.5. The van der Waals surface area contributed by atoms with E-state index in [-0.39, 0.29) is 4.47 Å². The van der Waals surface area contributed by atoms with E-state index < -0.39 is 29.7 Å². The number of hydrogen-bond donors (Lipinski definition) is 1. The molecule has 0 spiro atoms. The molecule has 0 saturated carbocycles. The minimum absolute atomic E-state index is 0.255. The van der Waals surface area contributed by atoms with Crippen molar-refractivity contribution in [1.29, 1.82) is 0 Å². The molecule has 0 aromatic heterocycles. The third-order valence-corrected chi connectivity index (χ3v) is 2.62. The van der Waals surface area contributed by atoms with E-state index in [1.807, 2.05) is 0 Å². The highest BCUT2D eigenvalue weighted by Gasteiger charge is 2.76. The van der Waals surface area contributed by atoms with Crippen molar-refractivity contribution in [2.45, 2.75) is 18.0 Å². The quantitative estimate of drug-likeness (QED) is 0.496. The van der Waals surface area contributed by atoms with Gasteiger partial charge in [0, 0.05) is 4.47 Å². The summed E-state index contributed by atoms with van der Waals surface area (Å²) in [6.45, 7) is 0. The topological polar surface area (TPSA) is 46.5 Å². The molecule has 0 bridgehead atoms. The molecular weight excluding hydrogens is 362 g/mol. The van der Waals surface area contributed by atoms with Gasteiger partial charge in [0.15, 0.2) is 0 Å². The summed E-state index contributed by atoms with van der Waals surface area (Å²) in [4.78, 5) is 11.1. The van der Waals surface area contributed by atoms with Gasteiger partial charge in [-0.15, -0.1) is 0 Å². The second-order valence-electron chi connectivity index (χ2n) is 3.55. The fourth-order valence-corrected chi connectivity index (χ4v) is 1.48. The molecule has 3 nitrogen and oxygen atoms in total. The van der Waals surface area contributed by atoms with Crippen LogP contribution >= 0.6 is 15.9 Å². The number of hydrogen-bond acceptors (Lipinski definition) is 3. The predicted molar refractivity (Wildman–Crippen MR) is 56.8 cm³/mol. The summed E-state index contributed by atoms with van der Waals surface area (Å²) in [5.74, 6) is -3.47. The minimum atomic E-state index is -6.27. The van der Waals surface area contributed by atoms with Crippen LogP contribution in [0.4, 0.5) is 26.3 Å². The highest BCUT2D eigenvalue weighted by molar-refractivity contribution is 9.10. The first-order chi connectivity index (χ1) is 8.89. The molecule has 0 aliphatic heterocycles. The fourth-order valence-electron chi connectivity index (χ4n) is 1.10. The van der Waals surface area contributed by atoms with Crippen LogP contribution in [0.5, 0.6) is 5.75 Å². The van der Waals surface area contributed by atoms with E-state index in [1.54, 1.807) is 0 Å². The van der Waals surface area contributed by atoms with Crippen molar-refractivity contribution >= 4 is 21.9 Å². The first-order valence-electron chi connectivity index (χ1n) is 4.73. The van der Waals surface area contributed by atoms with Crippen LogP contribution < -0.4 is 4.74 Å². The van der Waals surface area contributed by atoms with Gasteiger partial charge in [-0.3, -0.25) is 0 Å². The van der Waals surface area contributed by atoms with Crippen LogP contribution in [-0.2, 0) is 4.79 Å². The van der Waals surface area contributed by atoms with Crippen LogP contribution in [0.15, 0.2) is 28.7 Å². The van der Waals surface area contributed by atoms with Crippen molar-refractivity contribution in [3.63, 3.8) is 0 Å². The zero-order chi connectivity index (χ0) is 15.8. The molecule has 0 saturated heterocycles. The average Bonchev–Trinajstić information content (AvgIpc) is 2.24. The molecule has 0 atom stereocenters. The number of carbonyl (C=O) groups excluding carboxylic acids is 1. The van der Waals surface area contributed by atoms with E-state index in [9.17, 15) is 31.1 Å². The van der Waals surface area contributed by atoms with Crippen LogP contribution in [-0.4, -0.2) is 29.0 Å². The van der Waals surface area contributed by atoms with E-state index in [2.05, 4.69) is 20.7 Å². The third kappa shape index (κ3) is 3.06. The highest BCUT2D eigenvalue weighted by atomic mass is 79.9. The average molecular weight is 367 g/mol. The molecule has 1 aromatic rings. The Balaban J connectivity index is 3.15. The van der Waals surface area contributed by atoms with Crippen molar-refractivity contribution < 1.29 is 41.0 Å². The largest absolute Gasteiger partial charge is 0.437 e. The molecule has 20 heavy (non-hydrogen) atoms. The Bertz CT molecular complexity index is 496. The number of esters is 1. The van der Waals surface area contributed by atoms with Gasteiger partial charge in [-0.2, -0.15) is 26.3 Å². The first kappa shape index (κ1) is 16.8. The maximum Gasteiger partial charge on any atom is 0.437 e. The van der Waals surface area contributed by atoms with Crippen LogP contribution in [0, 0.1) is 0 Å². The molecule has 1 aromatic carbocycles. The lowest BCUT2D eigenvalue weighted by molar-refractivity contribution is -0.354. The molecule has 1 rings (SSSR count). The molecule has 112 valence electrons. The zero-order valence-electron chi connectivity index (χ0n) is 9.22. The van der Waals surface area contributed by atoms with E-state index in [1.165, 1.54) is 12.1 Å². The molecule has 0 heterocycles.